The number of Topliss-reactive ketones (excluding diaryl/α,β-unsaturated/α-hetero) is 1. The summed E-state index contributed by atoms with van der Waals surface area (Å²) in [7, 11) is -4.00. The maximum atomic E-state index is 14.0. The van der Waals surface area contributed by atoms with Gasteiger partial charge in [0.2, 0.25) is 15.6 Å². The lowest BCUT2D eigenvalue weighted by Crippen LogP contribution is -2.21. The van der Waals surface area contributed by atoms with E-state index in [0.29, 0.717) is 10.5 Å². The molecule has 0 spiro atoms. The van der Waals surface area contributed by atoms with Crippen LogP contribution in [0.1, 0.15) is 87.1 Å². The summed E-state index contributed by atoms with van der Waals surface area (Å²) in [4.78, 5) is 13.6. The first-order valence-corrected chi connectivity index (χ1v) is 12.7. The molecule has 0 atom stereocenters. The van der Waals surface area contributed by atoms with E-state index < -0.39 is 15.6 Å². The average molecular weight is 447 g/mol. The molecule has 4 heteroatoms. The summed E-state index contributed by atoms with van der Waals surface area (Å²) >= 11 is 0. The van der Waals surface area contributed by atoms with Crippen molar-refractivity contribution in [2.24, 2.45) is 0 Å². The van der Waals surface area contributed by atoms with Gasteiger partial charge in [0.05, 0.1) is 4.90 Å². The molecule has 3 nitrogen and oxygen atoms in total. The van der Waals surface area contributed by atoms with E-state index in [1.807, 2.05) is 64.1 Å². The minimum Gasteiger partial charge on any atom is -0.288 e. The van der Waals surface area contributed by atoms with Gasteiger partial charge in [-0.1, -0.05) is 84.0 Å². The molecule has 0 bridgehead atoms. The second-order valence-corrected chi connectivity index (χ2v) is 11.4. The van der Waals surface area contributed by atoms with Gasteiger partial charge in [-0.2, -0.15) is 0 Å². The summed E-state index contributed by atoms with van der Waals surface area (Å²) < 4.78 is 28.1. The van der Waals surface area contributed by atoms with Crippen molar-refractivity contribution in [1.82, 2.24) is 0 Å². The highest BCUT2D eigenvalue weighted by atomic mass is 32.2. The summed E-state index contributed by atoms with van der Waals surface area (Å²) in [5, 5.41) is 0. The number of sulfone groups is 1. The molecule has 4 rings (SSSR count). The van der Waals surface area contributed by atoms with Crippen molar-refractivity contribution in [3.63, 3.8) is 0 Å². The first-order valence-electron chi connectivity index (χ1n) is 11.2. The number of ketones is 1. The van der Waals surface area contributed by atoms with Crippen LogP contribution in [0.2, 0.25) is 0 Å². The Balaban J connectivity index is 1.93. The van der Waals surface area contributed by atoms with Crippen molar-refractivity contribution in [2.75, 3.05) is 0 Å². The van der Waals surface area contributed by atoms with Gasteiger partial charge in [0.1, 0.15) is 4.91 Å². The Labute approximate surface area is 191 Å². The van der Waals surface area contributed by atoms with E-state index in [0.717, 1.165) is 33.4 Å². The minimum absolute atomic E-state index is 0.0105. The fourth-order valence-corrected chi connectivity index (χ4v) is 6.53. The Morgan fingerprint density at radius 1 is 0.750 bits per heavy atom. The van der Waals surface area contributed by atoms with Gasteiger partial charge in [0.15, 0.2) is 0 Å². The fraction of sp³-hybridized carbons (Fsp3) is 0.321. The summed E-state index contributed by atoms with van der Waals surface area (Å²) in [6.07, 6.45) is 5.08. The molecule has 0 fully saturated rings. The van der Waals surface area contributed by atoms with E-state index in [1.165, 1.54) is 6.08 Å². The van der Waals surface area contributed by atoms with Gasteiger partial charge in [-0.3, -0.25) is 4.79 Å². The van der Waals surface area contributed by atoms with Crippen LogP contribution in [0.4, 0.5) is 0 Å². The third-order valence-corrected chi connectivity index (χ3v) is 8.26. The van der Waals surface area contributed by atoms with Crippen LogP contribution in [0, 0.1) is 0 Å². The van der Waals surface area contributed by atoms with Crippen molar-refractivity contribution in [3.8, 4) is 0 Å². The lowest BCUT2D eigenvalue weighted by Gasteiger charge is -2.24. The Kier molecular flexibility index (Phi) is 5.62. The number of hydrogen-bond donors (Lipinski definition) is 0. The quantitative estimate of drug-likeness (QED) is 0.509. The number of carbonyl (C=O) groups excluding carboxylic acids is 1. The molecular formula is C28H30O3S. The zero-order valence-electron chi connectivity index (χ0n) is 19.6. The Morgan fingerprint density at radius 2 is 1.34 bits per heavy atom. The van der Waals surface area contributed by atoms with Gasteiger partial charge in [-0.05, 0) is 63.3 Å². The van der Waals surface area contributed by atoms with Crippen LogP contribution in [-0.4, -0.2) is 14.2 Å². The van der Waals surface area contributed by atoms with Crippen LogP contribution >= 0.6 is 0 Å². The van der Waals surface area contributed by atoms with Crippen LogP contribution < -0.4 is 0 Å². The summed E-state index contributed by atoms with van der Waals surface area (Å²) in [6.45, 7) is 12.3. The molecule has 0 aliphatic heterocycles. The molecular weight excluding hydrogens is 416 g/mol. The van der Waals surface area contributed by atoms with Crippen LogP contribution in [-0.2, 0) is 14.6 Å². The zero-order valence-corrected chi connectivity index (χ0v) is 20.4. The highest BCUT2D eigenvalue weighted by molar-refractivity contribution is 7.96. The number of allylic oxidation sites excluding steroid dienone is 5. The molecule has 32 heavy (non-hydrogen) atoms. The first-order chi connectivity index (χ1) is 15.0. The third-order valence-electron chi connectivity index (χ3n) is 6.35. The van der Waals surface area contributed by atoms with Crippen molar-refractivity contribution in [2.45, 2.75) is 64.2 Å². The van der Waals surface area contributed by atoms with Gasteiger partial charge in [0.25, 0.3) is 0 Å². The highest BCUT2D eigenvalue weighted by Gasteiger charge is 2.38. The Bertz CT molecular complexity index is 1290. The number of fused-ring (bicyclic) bond motifs is 3. The summed E-state index contributed by atoms with van der Waals surface area (Å²) in [5.74, 6) is -0.117. The van der Waals surface area contributed by atoms with Crippen LogP contribution in [0.15, 0.2) is 63.9 Å². The smallest absolute Gasteiger partial charge is 0.211 e. The average Bonchev–Trinajstić information content (AvgIpc) is 3.12. The SMILES string of the molecule is CC(C)c1cc(C(C)C)c(S(=O)(=O)C2=CC=C3C(=Cc4ccccc43)C2=O)c(C(C)C)c1. The molecule has 0 heterocycles. The lowest BCUT2D eigenvalue weighted by molar-refractivity contribution is -0.111. The zero-order chi connectivity index (χ0) is 23.4. The molecule has 0 unspecified atom stereocenters. The van der Waals surface area contributed by atoms with E-state index in [9.17, 15) is 13.2 Å². The molecule has 2 aliphatic carbocycles. The van der Waals surface area contributed by atoms with E-state index in [1.54, 1.807) is 12.2 Å². The van der Waals surface area contributed by atoms with Gasteiger partial charge in [0, 0.05) is 5.57 Å². The predicted octanol–water partition coefficient (Wildman–Crippen LogP) is 6.78. The van der Waals surface area contributed by atoms with Gasteiger partial charge in [-0.15, -0.1) is 0 Å². The topological polar surface area (TPSA) is 51.2 Å². The number of carbonyl (C=O) groups is 1. The Hall–Kier alpha value is -2.72. The van der Waals surface area contributed by atoms with Crippen LogP contribution in [0.5, 0.6) is 0 Å². The minimum atomic E-state index is -4.00. The fourth-order valence-electron chi connectivity index (χ4n) is 4.50. The van der Waals surface area contributed by atoms with E-state index in [4.69, 9.17) is 0 Å². The molecule has 0 radical (unpaired) electrons. The van der Waals surface area contributed by atoms with Crippen LogP contribution in [0.3, 0.4) is 0 Å². The molecule has 0 saturated heterocycles. The summed E-state index contributed by atoms with van der Waals surface area (Å²) in [6, 6.07) is 11.8. The Morgan fingerprint density at radius 3 is 1.91 bits per heavy atom. The van der Waals surface area contributed by atoms with E-state index >= 15 is 0 Å². The van der Waals surface area contributed by atoms with Gasteiger partial charge >= 0.3 is 0 Å². The standard InChI is InChI=1S/C28H30O3S/c1-16(2)20-14-23(17(3)4)28(24(15-20)18(5)6)32(30,31)26-12-11-22-21-10-8-7-9-19(21)13-25(22)27(26)29/h7-18H,1-6H3. The van der Waals surface area contributed by atoms with Crippen molar-refractivity contribution < 1.29 is 13.2 Å². The molecule has 166 valence electrons. The highest BCUT2D eigenvalue weighted by Crippen LogP contribution is 2.43. The molecule has 2 aromatic rings. The number of hydrogen-bond acceptors (Lipinski definition) is 3. The van der Waals surface area contributed by atoms with Crippen molar-refractivity contribution in [3.05, 3.63) is 86.8 Å². The second-order valence-electron chi connectivity index (χ2n) is 9.58. The largest absolute Gasteiger partial charge is 0.288 e. The van der Waals surface area contributed by atoms with E-state index in [2.05, 4.69) is 13.8 Å². The number of rotatable bonds is 5. The van der Waals surface area contributed by atoms with Crippen molar-refractivity contribution >= 4 is 27.3 Å². The normalized spacial score (nSPS) is 15.7. The van der Waals surface area contributed by atoms with Crippen LogP contribution in [0.25, 0.3) is 11.6 Å². The second kappa shape index (κ2) is 8.00. The van der Waals surface area contributed by atoms with E-state index in [-0.39, 0.29) is 22.7 Å². The first kappa shape index (κ1) is 22.5. The molecule has 0 N–H and O–H groups in total. The third kappa shape index (κ3) is 3.51. The molecule has 2 aliphatic rings. The van der Waals surface area contributed by atoms with Gasteiger partial charge in [-0.25, -0.2) is 8.42 Å². The summed E-state index contributed by atoms with van der Waals surface area (Å²) in [5.41, 5.74) is 5.86. The lowest BCUT2D eigenvalue weighted by atomic mass is 9.89. The maximum Gasteiger partial charge on any atom is 0.211 e. The van der Waals surface area contributed by atoms with Gasteiger partial charge < -0.3 is 0 Å². The van der Waals surface area contributed by atoms with Crippen molar-refractivity contribution in [1.29, 1.82) is 0 Å². The maximum absolute atomic E-state index is 14.0. The molecule has 0 saturated carbocycles. The molecule has 0 amide bonds. The number of benzene rings is 2. The molecule has 0 aromatic heterocycles. The predicted molar refractivity (Wildman–Crippen MR) is 131 cm³/mol. The molecule has 2 aromatic carbocycles. The monoisotopic (exact) mass is 446 g/mol.